The minimum Gasteiger partial charge on any atom is -0.508 e. The van der Waals surface area contributed by atoms with Gasteiger partial charge in [-0.05, 0) is 84.3 Å². The average molecular weight is 456 g/mol. The normalized spacial score (nSPS) is 11.3. The third-order valence-corrected chi connectivity index (χ3v) is 5.82. The number of phenolic OH excluding ortho intramolecular Hbond substituents is 1. The third kappa shape index (κ3) is 5.28. The van der Waals surface area contributed by atoms with E-state index < -0.39 is 0 Å². The van der Waals surface area contributed by atoms with E-state index in [0.29, 0.717) is 16.5 Å². The van der Waals surface area contributed by atoms with Crippen LogP contribution >= 0.6 is 11.6 Å². The number of amides is 1. The van der Waals surface area contributed by atoms with E-state index in [1.165, 1.54) is 0 Å². The number of hydrogen-bond donors (Lipinski definition) is 2. The highest BCUT2D eigenvalue weighted by Crippen LogP contribution is 2.33. The van der Waals surface area contributed by atoms with Gasteiger partial charge in [0.25, 0.3) is 5.91 Å². The molecule has 1 heterocycles. The maximum atomic E-state index is 12.7. The Bertz CT molecular complexity index is 1130. The molecule has 0 aliphatic carbocycles. The first-order chi connectivity index (χ1) is 15.1. The standard InChI is InChI=1S/C26H30ClNO4/c1-14(2)19-12-22(17(6)9-23(19)29)28-26(30)24-8-7-18(32-24)13-31-25-10-16(5)21(27)11-20(25)15(3)4/h7-12,14-15,29H,13H2,1-6H3,(H,28,30). The van der Waals surface area contributed by atoms with Crippen molar-refractivity contribution in [3.05, 3.63) is 75.2 Å². The third-order valence-electron chi connectivity index (χ3n) is 5.41. The molecule has 6 heteroatoms. The summed E-state index contributed by atoms with van der Waals surface area (Å²) < 4.78 is 11.7. The van der Waals surface area contributed by atoms with Crippen LogP contribution in [0.3, 0.4) is 0 Å². The van der Waals surface area contributed by atoms with Crippen LogP contribution in [0.25, 0.3) is 0 Å². The minimum absolute atomic E-state index is 0.130. The Kier molecular flexibility index (Phi) is 7.19. The van der Waals surface area contributed by atoms with E-state index in [2.05, 4.69) is 19.2 Å². The number of carbonyl (C=O) groups is 1. The van der Waals surface area contributed by atoms with Gasteiger partial charge >= 0.3 is 0 Å². The maximum absolute atomic E-state index is 12.7. The molecular weight excluding hydrogens is 426 g/mol. The van der Waals surface area contributed by atoms with Crippen molar-refractivity contribution in [3.63, 3.8) is 0 Å². The summed E-state index contributed by atoms with van der Waals surface area (Å²) in [5, 5.41) is 13.7. The van der Waals surface area contributed by atoms with Crippen LogP contribution in [0.4, 0.5) is 5.69 Å². The molecule has 0 unspecified atom stereocenters. The number of benzene rings is 2. The van der Waals surface area contributed by atoms with Gasteiger partial charge in [-0.1, -0.05) is 39.3 Å². The Hall–Kier alpha value is -2.92. The lowest BCUT2D eigenvalue weighted by atomic mass is 9.99. The molecule has 32 heavy (non-hydrogen) atoms. The van der Waals surface area contributed by atoms with Crippen molar-refractivity contribution in [1.82, 2.24) is 0 Å². The number of hydrogen-bond acceptors (Lipinski definition) is 4. The first-order valence-corrected chi connectivity index (χ1v) is 11.1. The van der Waals surface area contributed by atoms with Gasteiger partial charge in [-0.2, -0.15) is 0 Å². The predicted molar refractivity (Wildman–Crippen MR) is 128 cm³/mol. The largest absolute Gasteiger partial charge is 0.508 e. The van der Waals surface area contributed by atoms with Crippen molar-refractivity contribution in [2.75, 3.05) is 5.32 Å². The molecule has 170 valence electrons. The smallest absolute Gasteiger partial charge is 0.291 e. The summed E-state index contributed by atoms with van der Waals surface area (Å²) in [5.41, 5.74) is 4.15. The summed E-state index contributed by atoms with van der Waals surface area (Å²) >= 11 is 6.27. The average Bonchev–Trinajstić information content (AvgIpc) is 3.19. The topological polar surface area (TPSA) is 71.7 Å². The second kappa shape index (κ2) is 9.70. The number of carbonyl (C=O) groups excluding carboxylic acids is 1. The number of anilines is 1. The number of aromatic hydroxyl groups is 1. The van der Waals surface area contributed by atoms with Crippen molar-refractivity contribution >= 4 is 23.2 Å². The molecule has 0 fully saturated rings. The second-order valence-corrected chi connectivity index (χ2v) is 9.09. The Balaban J connectivity index is 1.72. The van der Waals surface area contributed by atoms with E-state index in [1.807, 2.05) is 39.8 Å². The van der Waals surface area contributed by atoms with Crippen molar-refractivity contribution in [1.29, 1.82) is 0 Å². The van der Waals surface area contributed by atoms with Crippen LogP contribution < -0.4 is 10.1 Å². The summed E-state index contributed by atoms with van der Waals surface area (Å²) in [7, 11) is 0. The van der Waals surface area contributed by atoms with E-state index in [0.717, 1.165) is 28.0 Å². The molecule has 0 aliphatic heterocycles. The lowest BCUT2D eigenvalue weighted by Gasteiger charge is -2.15. The zero-order valence-electron chi connectivity index (χ0n) is 19.4. The molecule has 5 nitrogen and oxygen atoms in total. The van der Waals surface area contributed by atoms with Crippen molar-refractivity contribution in [3.8, 4) is 11.5 Å². The molecule has 0 aliphatic rings. The molecule has 2 aromatic carbocycles. The van der Waals surface area contributed by atoms with Crippen LogP contribution in [-0.2, 0) is 6.61 Å². The zero-order chi connectivity index (χ0) is 23.6. The van der Waals surface area contributed by atoms with Crippen LogP contribution in [0.1, 0.15) is 78.1 Å². The molecule has 1 amide bonds. The fourth-order valence-electron chi connectivity index (χ4n) is 3.46. The van der Waals surface area contributed by atoms with Gasteiger partial charge in [-0.25, -0.2) is 0 Å². The van der Waals surface area contributed by atoms with Crippen molar-refractivity contribution < 1.29 is 19.1 Å². The molecule has 0 saturated carbocycles. The predicted octanol–water partition coefficient (Wildman–Crippen LogP) is 7.33. The van der Waals surface area contributed by atoms with E-state index in [4.69, 9.17) is 20.8 Å². The first kappa shape index (κ1) is 23.7. The maximum Gasteiger partial charge on any atom is 0.291 e. The molecular formula is C26H30ClNO4. The van der Waals surface area contributed by atoms with Crippen molar-refractivity contribution in [2.24, 2.45) is 0 Å². The Morgan fingerprint density at radius 1 is 1.03 bits per heavy atom. The molecule has 3 aromatic rings. The van der Waals surface area contributed by atoms with Gasteiger partial charge in [0.05, 0.1) is 0 Å². The van der Waals surface area contributed by atoms with E-state index in [1.54, 1.807) is 24.3 Å². The van der Waals surface area contributed by atoms with Crippen LogP contribution in [0.2, 0.25) is 5.02 Å². The molecule has 3 rings (SSSR count). The number of phenols is 1. The van der Waals surface area contributed by atoms with E-state index in [-0.39, 0.29) is 35.9 Å². The quantitative estimate of drug-likeness (QED) is 0.366. The molecule has 0 saturated heterocycles. The number of nitrogens with one attached hydrogen (secondary N) is 1. The number of ether oxygens (including phenoxy) is 1. The van der Waals surface area contributed by atoms with Gasteiger partial charge in [-0.3, -0.25) is 4.79 Å². The summed E-state index contributed by atoms with van der Waals surface area (Å²) in [6, 6.07) is 10.7. The summed E-state index contributed by atoms with van der Waals surface area (Å²) in [6.07, 6.45) is 0. The van der Waals surface area contributed by atoms with Gasteiger partial charge in [0.1, 0.15) is 23.9 Å². The highest BCUT2D eigenvalue weighted by atomic mass is 35.5. The lowest BCUT2D eigenvalue weighted by molar-refractivity contribution is 0.0992. The zero-order valence-corrected chi connectivity index (χ0v) is 20.1. The van der Waals surface area contributed by atoms with E-state index >= 15 is 0 Å². The van der Waals surface area contributed by atoms with Crippen LogP contribution in [0, 0.1) is 13.8 Å². The molecule has 1 aromatic heterocycles. The monoisotopic (exact) mass is 455 g/mol. The molecule has 0 radical (unpaired) electrons. The fourth-order valence-corrected chi connectivity index (χ4v) is 3.64. The number of halogens is 1. The number of rotatable bonds is 7. The van der Waals surface area contributed by atoms with E-state index in [9.17, 15) is 9.90 Å². The highest BCUT2D eigenvalue weighted by molar-refractivity contribution is 6.31. The highest BCUT2D eigenvalue weighted by Gasteiger charge is 2.17. The number of aryl methyl sites for hydroxylation is 2. The lowest BCUT2D eigenvalue weighted by Crippen LogP contribution is -2.12. The second-order valence-electron chi connectivity index (χ2n) is 8.68. The summed E-state index contributed by atoms with van der Waals surface area (Å²) in [5.74, 6) is 1.75. The molecule has 0 atom stereocenters. The van der Waals surface area contributed by atoms with Gasteiger partial charge in [0.15, 0.2) is 5.76 Å². The first-order valence-electron chi connectivity index (χ1n) is 10.7. The Labute approximate surface area is 194 Å². The van der Waals surface area contributed by atoms with Crippen LogP contribution in [0.5, 0.6) is 11.5 Å². The van der Waals surface area contributed by atoms with Gasteiger partial charge < -0.3 is 19.6 Å². The summed E-state index contributed by atoms with van der Waals surface area (Å²) in [4.78, 5) is 12.7. The molecule has 0 spiro atoms. The Morgan fingerprint density at radius 2 is 1.72 bits per heavy atom. The number of furan rings is 1. The van der Waals surface area contributed by atoms with Crippen LogP contribution in [-0.4, -0.2) is 11.0 Å². The van der Waals surface area contributed by atoms with Gasteiger partial charge in [0, 0.05) is 10.7 Å². The summed E-state index contributed by atoms with van der Waals surface area (Å²) in [6.45, 7) is 12.1. The van der Waals surface area contributed by atoms with Gasteiger partial charge in [0.2, 0.25) is 0 Å². The van der Waals surface area contributed by atoms with Gasteiger partial charge in [-0.15, -0.1) is 0 Å². The Morgan fingerprint density at radius 3 is 2.38 bits per heavy atom. The SMILES string of the molecule is Cc1cc(OCc2ccc(C(=O)Nc3cc(C(C)C)c(O)cc3C)o2)c(C(C)C)cc1Cl. The molecule has 0 bridgehead atoms. The van der Waals surface area contributed by atoms with Crippen LogP contribution in [0.15, 0.2) is 40.8 Å². The fraction of sp³-hybridized carbons (Fsp3) is 0.346. The molecule has 2 N–H and O–H groups in total. The minimum atomic E-state index is -0.357. The van der Waals surface area contributed by atoms with Crippen molar-refractivity contribution in [2.45, 2.75) is 60.0 Å².